The number of hydrogen-bond acceptors (Lipinski definition) is 4. The zero-order chi connectivity index (χ0) is 26.0. The number of aromatic carboxylic acids is 1. The zero-order valence-corrected chi connectivity index (χ0v) is 22.6. The Kier molecular flexibility index (Phi) is 7.55. The molecular weight excluding hydrogens is 466 g/mol. The molecule has 2 aromatic carbocycles. The highest BCUT2D eigenvalue weighted by atomic mass is 32.1. The van der Waals surface area contributed by atoms with E-state index in [2.05, 4.69) is 61.1 Å². The van der Waals surface area contributed by atoms with Gasteiger partial charge in [0, 0.05) is 22.0 Å². The molecule has 0 saturated heterocycles. The minimum absolute atomic E-state index is 0.335. The van der Waals surface area contributed by atoms with E-state index in [9.17, 15) is 9.90 Å². The second kappa shape index (κ2) is 10.6. The quantitative estimate of drug-likeness (QED) is 0.254. The highest BCUT2D eigenvalue weighted by Gasteiger charge is 2.18. The van der Waals surface area contributed by atoms with Gasteiger partial charge in [-0.1, -0.05) is 51.8 Å². The van der Waals surface area contributed by atoms with Crippen LogP contribution in [-0.2, 0) is 6.42 Å². The number of pyridine rings is 1. The number of aryl methyl sites for hydroxylation is 4. The van der Waals surface area contributed by atoms with E-state index in [0.29, 0.717) is 5.56 Å². The summed E-state index contributed by atoms with van der Waals surface area (Å²) in [5.74, 6) is -0.901. The maximum Gasteiger partial charge on any atom is 0.336 e. The Morgan fingerprint density at radius 2 is 1.75 bits per heavy atom. The van der Waals surface area contributed by atoms with E-state index in [1.54, 1.807) is 17.4 Å². The predicted octanol–water partition coefficient (Wildman–Crippen LogP) is 8.50. The number of nitrogens with zero attached hydrogens (tertiary/aromatic N) is 2. The van der Waals surface area contributed by atoms with Crippen LogP contribution in [0.25, 0.3) is 43.6 Å². The molecule has 0 aliphatic carbocycles. The summed E-state index contributed by atoms with van der Waals surface area (Å²) < 4.78 is 0. The number of rotatable bonds is 5. The van der Waals surface area contributed by atoms with Crippen LogP contribution in [0.4, 0.5) is 0 Å². The van der Waals surface area contributed by atoms with E-state index in [0.717, 1.165) is 72.7 Å². The number of carboxylic acids is 1. The first-order valence-electron chi connectivity index (χ1n) is 12.5. The molecule has 0 aliphatic heterocycles. The Bertz CT molecular complexity index is 1560. The molecule has 0 atom stereocenters. The summed E-state index contributed by atoms with van der Waals surface area (Å²) in [6, 6.07) is 14.2. The van der Waals surface area contributed by atoms with Crippen molar-refractivity contribution in [3.63, 3.8) is 0 Å². The van der Waals surface area contributed by atoms with Gasteiger partial charge in [-0.3, -0.25) is 0 Å². The molecule has 0 unspecified atom stereocenters. The molecule has 3 aromatic heterocycles. The minimum atomic E-state index is -0.901. The number of fused-ring (bicyclic) bond motifs is 2. The Labute approximate surface area is 216 Å². The van der Waals surface area contributed by atoms with Crippen molar-refractivity contribution in [2.45, 2.75) is 60.8 Å². The molecular formula is C30H33N3O2S. The number of hydrogen-bond donors (Lipinski definition) is 2. The van der Waals surface area contributed by atoms with Crippen molar-refractivity contribution < 1.29 is 9.90 Å². The van der Waals surface area contributed by atoms with Gasteiger partial charge in [0.25, 0.3) is 0 Å². The maximum absolute atomic E-state index is 11.6. The molecule has 6 heteroatoms. The molecule has 5 nitrogen and oxygen atoms in total. The van der Waals surface area contributed by atoms with Gasteiger partial charge in [0.15, 0.2) is 0 Å². The normalized spacial score (nSPS) is 11.1. The number of nitrogens with one attached hydrogen (secondary N) is 1. The fourth-order valence-corrected chi connectivity index (χ4v) is 5.51. The molecule has 0 amide bonds. The first-order valence-corrected chi connectivity index (χ1v) is 13.3. The molecule has 0 radical (unpaired) electrons. The van der Waals surface area contributed by atoms with Crippen LogP contribution >= 0.6 is 11.3 Å². The van der Waals surface area contributed by atoms with Gasteiger partial charge in [-0.15, -0.1) is 11.3 Å². The van der Waals surface area contributed by atoms with Gasteiger partial charge >= 0.3 is 5.97 Å². The van der Waals surface area contributed by atoms with Crippen molar-refractivity contribution in [1.29, 1.82) is 0 Å². The molecule has 2 N–H and O–H groups in total. The van der Waals surface area contributed by atoms with Gasteiger partial charge in [0.2, 0.25) is 0 Å². The van der Waals surface area contributed by atoms with Crippen molar-refractivity contribution in [3.05, 3.63) is 69.9 Å². The number of carbonyl (C=O) groups is 1. The Hall–Kier alpha value is -3.51. The number of aromatic nitrogens is 3. The number of benzene rings is 2. The first kappa shape index (κ1) is 25.6. The van der Waals surface area contributed by atoms with E-state index >= 15 is 0 Å². The summed E-state index contributed by atoms with van der Waals surface area (Å²) in [4.78, 5) is 25.7. The highest BCUT2D eigenvalue weighted by Crippen LogP contribution is 2.36. The molecule has 5 rings (SSSR count). The summed E-state index contributed by atoms with van der Waals surface area (Å²) >= 11 is 1.67. The minimum Gasteiger partial charge on any atom is -0.478 e. The lowest BCUT2D eigenvalue weighted by Gasteiger charge is -2.07. The van der Waals surface area contributed by atoms with Gasteiger partial charge < -0.3 is 10.1 Å². The molecule has 36 heavy (non-hydrogen) atoms. The largest absolute Gasteiger partial charge is 0.478 e. The van der Waals surface area contributed by atoms with E-state index in [4.69, 9.17) is 4.98 Å². The average molecular weight is 500 g/mol. The van der Waals surface area contributed by atoms with Gasteiger partial charge in [-0.2, -0.15) is 0 Å². The van der Waals surface area contributed by atoms with Gasteiger partial charge in [0.1, 0.15) is 0 Å². The lowest BCUT2D eigenvalue weighted by molar-refractivity contribution is 0.0696. The van der Waals surface area contributed by atoms with Gasteiger partial charge in [-0.25, -0.2) is 14.8 Å². The SMILES string of the molecule is CCC.CCCc1c(-c2ccc3nc(-c4sc(C)nc4C)ccc3c2)[nH]c2c(C)c(C(=O)O)ccc12. The first-order chi connectivity index (χ1) is 17.3. The van der Waals surface area contributed by atoms with Gasteiger partial charge in [-0.05, 0) is 68.1 Å². The second-order valence-electron chi connectivity index (χ2n) is 9.15. The third kappa shape index (κ3) is 4.78. The molecule has 5 aromatic rings. The topological polar surface area (TPSA) is 78.9 Å². The number of carboxylic acid groups (broad SMARTS) is 1. The lowest BCUT2D eigenvalue weighted by atomic mass is 9.98. The van der Waals surface area contributed by atoms with Gasteiger partial charge in [0.05, 0.1) is 32.4 Å². The Balaban J connectivity index is 0.000000967. The van der Waals surface area contributed by atoms with E-state index in [1.807, 2.05) is 26.8 Å². The zero-order valence-electron chi connectivity index (χ0n) is 21.8. The van der Waals surface area contributed by atoms with Crippen molar-refractivity contribution in [2.24, 2.45) is 0 Å². The van der Waals surface area contributed by atoms with Crippen molar-refractivity contribution in [3.8, 4) is 21.8 Å². The summed E-state index contributed by atoms with van der Waals surface area (Å²) in [5.41, 5.74) is 8.28. The molecule has 0 bridgehead atoms. The molecule has 0 fully saturated rings. The van der Waals surface area contributed by atoms with Crippen molar-refractivity contribution in [1.82, 2.24) is 15.0 Å². The monoisotopic (exact) mass is 499 g/mol. The highest BCUT2D eigenvalue weighted by molar-refractivity contribution is 7.15. The number of aromatic amines is 1. The molecule has 0 saturated carbocycles. The average Bonchev–Trinajstić information content (AvgIpc) is 3.39. The molecule has 0 spiro atoms. The Morgan fingerprint density at radius 1 is 1.00 bits per heavy atom. The summed E-state index contributed by atoms with van der Waals surface area (Å²) in [7, 11) is 0. The van der Waals surface area contributed by atoms with Crippen LogP contribution in [0.15, 0.2) is 42.5 Å². The third-order valence-corrected chi connectivity index (χ3v) is 7.28. The summed E-state index contributed by atoms with van der Waals surface area (Å²) in [6.45, 7) is 12.3. The standard InChI is InChI=1S/C27H25N3O2S.C3H8/c1-5-6-20-21-10-9-19(27(31)32)14(2)24(21)30-25(20)18-8-11-22-17(13-18)7-12-23(29-22)26-15(3)28-16(4)33-26;1-3-2/h7-13,30H,5-6H2,1-4H3,(H,31,32);3H2,1-2H3. The molecule has 3 heterocycles. The van der Waals surface area contributed by atoms with E-state index < -0.39 is 5.97 Å². The van der Waals surface area contributed by atoms with Crippen molar-refractivity contribution in [2.75, 3.05) is 0 Å². The van der Waals surface area contributed by atoms with E-state index in [-0.39, 0.29) is 0 Å². The van der Waals surface area contributed by atoms with E-state index in [1.165, 1.54) is 12.0 Å². The summed E-state index contributed by atoms with van der Waals surface area (Å²) in [5, 5.41) is 12.7. The predicted molar refractivity (Wildman–Crippen MR) is 151 cm³/mol. The maximum atomic E-state index is 11.6. The van der Waals surface area contributed by atoms with Crippen LogP contribution in [0.2, 0.25) is 0 Å². The third-order valence-electron chi connectivity index (χ3n) is 6.19. The lowest BCUT2D eigenvalue weighted by Crippen LogP contribution is -1.99. The molecule has 0 aliphatic rings. The number of thiazole rings is 1. The fourth-order valence-electron chi connectivity index (χ4n) is 4.62. The Morgan fingerprint density at radius 3 is 2.39 bits per heavy atom. The fraction of sp³-hybridized carbons (Fsp3) is 0.300. The van der Waals surface area contributed by atoms with Crippen LogP contribution in [0.1, 0.15) is 65.8 Å². The van der Waals surface area contributed by atoms with Crippen LogP contribution in [0.3, 0.4) is 0 Å². The molecule has 186 valence electrons. The van der Waals surface area contributed by atoms with Crippen LogP contribution in [-0.4, -0.2) is 26.0 Å². The van der Waals surface area contributed by atoms with Crippen molar-refractivity contribution >= 4 is 39.1 Å². The second-order valence-corrected chi connectivity index (χ2v) is 10.4. The number of H-pyrrole nitrogens is 1. The summed E-state index contributed by atoms with van der Waals surface area (Å²) in [6.07, 6.45) is 3.17. The smallest absolute Gasteiger partial charge is 0.336 e. The van der Waals surface area contributed by atoms with Crippen LogP contribution in [0, 0.1) is 20.8 Å². The van der Waals surface area contributed by atoms with Crippen LogP contribution < -0.4 is 0 Å². The van der Waals surface area contributed by atoms with Crippen LogP contribution in [0.5, 0.6) is 0 Å².